The van der Waals surface area contributed by atoms with Gasteiger partial charge in [0, 0.05) is 11.6 Å². The Morgan fingerprint density at radius 3 is 2.65 bits per heavy atom. The molecule has 1 amide bonds. The first-order chi connectivity index (χ1) is 12.5. The Kier molecular flexibility index (Phi) is 5.81. The van der Waals surface area contributed by atoms with Gasteiger partial charge in [-0.3, -0.25) is 14.5 Å². The number of carbonyl (C=O) groups excluding carboxylic acids is 2. The minimum Gasteiger partial charge on any atom is -0.468 e. The van der Waals surface area contributed by atoms with Gasteiger partial charge in [0.25, 0.3) is 0 Å². The van der Waals surface area contributed by atoms with E-state index in [2.05, 4.69) is 5.32 Å². The maximum atomic E-state index is 12.5. The minimum absolute atomic E-state index is 0.0386. The smallest absolute Gasteiger partial charge is 0.323 e. The Hall–Kier alpha value is -2.08. The van der Waals surface area contributed by atoms with E-state index in [1.807, 2.05) is 29.2 Å². The van der Waals surface area contributed by atoms with Gasteiger partial charge < -0.3 is 10.1 Å². The molecule has 26 heavy (non-hydrogen) atoms. The second-order valence-corrected chi connectivity index (χ2v) is 6.93. The Labute approximate surface area is 161 Å². The van der Waals surface area contributed by atoms with Crippen LogP contribution >= 0.6 is 23.2 Å². The molecular weight excluding hydrogens is 375 g/mol. The highest BCUT2D eigenvalue weighted by Gasteiger charge is 2.33. The third-order valence-corrected chi connectivity index (χ3v) is 4.93. The minimum atomic E-state index is -0.504. The third kappa shape index (κ3) is 4.18. The number of esters is 1. The molecule has 0 aliphatic carbocycles. The number of amides is 1. The summed E-state index contributed by atoms with van der Waals surface area (Å²) < 4.78 is 4.92. The summed E-state index contributed by atoms with van der Waals surface area (Å²) in [5.41, 5.74) is 2.63. The zero-order valence-corrected chi connectivity index (χ0v) is 15.7. The van der Waals surface area contributed by atoms with Crippen LogP contribution in [0.2, 0.25) is 10.0 Å². The molecular formula is C19H18Cl2N2O3. The fraction of sp³-hybridized carbons (Fsp3) is 0.263. The lowest BCUT2D eigenvalue weighted by molar-refractivity contribution is -0.148. The van der Waals surface area contributed by atoms with Crippen LogP contribution in [0.1, 0.15) is 11.1 Å². The summed E-state index contributed by atoms with van der Waals surface area (Å²) in [6.45, 7) is 0.531. The van der Waals surface area contributed by atoms with Crippen molar-refractivity contribution in [1.82, 2.24) is 4.90 Å². The number of hydrogen-bond donors (Lipinski definition) is 1. The fourth-order valence-corrected chi connectivity index (χ4v) is 3.42. The summed E-state index contributed by atoms with van der Waals surface area (Å²) in [4.78, 5) is 26.5. The molecule has 0 bridgehead atoms. The van der Waals surface area contributed by atoms with Crippen molar-refractivity contribution in [3.05, 3.63) is 63.6 Å². The number of ether oxygens (including phenoxy) is 1. The van der Waals surface area contributed by atoms with Crippen LogP contribution in [0.3, 0.4) is 0 Å². The summed E-state index contributed by atoms with van der Waals surface area (Å²) >= 11 is 12.0. The second kappa shape index (κ2) is 8.08. The summed E-state index contributed by atoms with van der Waals surface area (Å²) in [6.07, 6.45) is 0.508. The molecule has 136 valence electrons. The maximum Gasteiger partial charge on any atom is 0.323 e. The van der Waals surface area contributed by atoms with Gasteiger partial charge in [-0.2, -0.15) is 0 Å². The standard InChI is InChI=1S/C19H18Cl2N2O3/c1-26-19(25)17-8-12-4-2-3-5-13(12)10-23(17)11-18(24)22-16-9-14(20)6-7-15(16)21/h2-7,9,17H,8,10-11H2,1H3,(H,22,24)/t17-/m1/s1. The Morgan fingerprint density at radius 1 is 1.19 bits per heavy atom. The highest BCUT2D eigenvalue weighted by Crippen LogP contribution is 2.27. The number of anilines is 1. The zero-order valence-electron chi connectivity index (χ0n) is 14.2. The van der Waals surface area contributed by atoms with Crippen LogP contribution in [0, 0.1) is 0 Å². The van der Waals surface area contributed by atoms with Gasteiger partial charge in [-0.15, -0.1) is 0 Å². The van der Waals surface area contributed by atoms with Crippen molar-refractivity contribution in [3.63, 3.8) is 0 Å². The van der Waals surface area contributed by atoms with Crippen molar-refractivity contribution in [2.45, 2.75) is 19.0 Å². The Balaban J connectivity index is 1.76. The fourth-order valence-electron chi connectivity index (χ4n) is 3.08. The van der Waals surface area contributed by atoms with Gasteiger partial charge in [-0.1, -0.05) is 47.5 Å². The summed E-state index contributed by atoms with van der Waals surface area (Å²) in [7, 11) is 1.35. The van der Waals surface area contributed by atoms with Gasteiger partial charge >= 0.3 is 5.97 Å². The highest BCUT2D eigenvalue weighted by atomic mass is 35.5. The Morgan fingerprint density at radius 2 is 1.92 bits per heavy atom. The third-order valence-electron chi connectivity index (χ3n) is 4.37. The van der Waals surface area contributed by atoms with Gasteiger partial charge in [0.1, 0.15) is 6.04 Å². The van der Waals surface area contributed by atoms with Crippen molar-refractivity contribution in [2.75, 3.05) is 19.0 Å². The van der Waals surface area contributed by atoms with Crippen LogP contribution in [0.5, 0.6) is 0 Å². The van der Waals surface area contributed by atoms with Crippen molar-refractivity contribution in [2.24, 2.45) is 0 Å². The predicted octanol–water partition coefficient (Wildman–Crippen LogP) is 3.53. The Bertz CT molecular complexity index is 841. The van der Waals surface area contributed by atoms with E-state index in [4.69, 9.17) is 27.9 Å². The largest absolute Gasteiger partial charge is 0.468 e. The van der Waals surface area contributed by atoms with Gasteiger partial charge in [0.05, 0.1) is 24.4 Å². The van der Waals surface area contributed by atoms with E-state index in [0.717, 1.165) is 11.1 Å². The first-order valence-corrected chi connectivity index (χ1v) is 8.87. The lowest BCUT2D eigenvalue weighted by Crippen LogP contribution is -2.49. The molecule has 0 saturated carbocycles. The molecule has 5 nitrogen and oxygen atoms in total. The van der Waals surface area contributed by atoms with Gasteiger partial charge in [-0.25, -0.2) is 0 Å². The molecule has 0 fully saturated rings. The van der Waals surface area contributed by atoms with Crippen molar-refractivity contribution in [3.8, 4) is 0 Å². The molecule has 0 saturated heterocycles. The monoisotopic (exact) mass is 392 g/mol. The first-order valence-electron chi connectivity index (χ1n) is 8.11. The molecule has 2 aromatic rings. The topological polar surface area (TPSA) is 58.6 Å². The van der Waals surface area contributed by atoms with E-state index in [1.54, 1.807) is 18.2 Å². The number of halogens is 2. The molecule has 0 aromatic heterocycles. The SMILES string of the molecule is COC(=O)[C@H]1Cc2ccccc2CN1CC(=O)Nc1cc(Cl)ccc1Cl. The molecule has 1 atom stereocenters. The molecule has 0 radical (unpaired) electrons. The van der Waals surface area contributed by atoms with E-state index in [9.17, 15) is 9.59 Å². The van der Waals surface area contributed by atoms with Crippen LogP contribution in [0.25, 0.3) is 0 Å². The summed E-state index contributed by atoms with van der Waals surface area (Å²) in [6, 6.07) is 12.2. The number of nitrogens with one attached hydrogen (secondary N) is 1. The van der Waals surface area contributed by atoms with E-state index in [1.165, 1.54) is 7.11 Å². The van der Waals surface area contributed by atoms with Crippen molar-refractivity contribution >= 4 is 40.8 Å². The molecule has 7 heteroatoms. The molecule has 1 aliphatic heterocycles. The van der Waals surface area contributed by atoms with Crippen LogP contribution in [-0.4, -0.2) is 36.5 Å². The number of benzene rings is 2. The lowest BCUT2D eigenvalue weighted by atomic mass is 9.94. The summed E-state index contributed by atoms with van der Waals surface area (Å²) in [5.74, 6) is -0.629. The number of carbonyl (C=O) groups is 2. The van der Waals surface area contributed by atoms with Gasteiger partial charge in [-0.05, 0) is 35.7 Å². The predicted molar refractivity (Wildman–Crippen MR) is 101 cm³/mol. The molecule has 0 spiro atoms. The molecule has 1 heterocycles. The zero-order chi connectivity index (χ0) is 18.7. The maximum absolute atomic E-state index is 12.5. The van der Waals surface area contributed by atoms with Crippen LogP contribution in [0.15, 0.2) is 42.5 Å². The highest BCUT2D eigenvalue weighted by molar-refractivity contribution is 6.35. The summed E-state index contributed by atoms with van der Waals surface area (Å²) in [5, 5.41) is 3.63. The van der Waals surface area contributed by atoms with Crippen LogP contribution in [0.4, 0.5) is 5.69 Å². The van der Waals surface area contributed by atoms with E-state index in [0.29, 0.717) is 28.7 Å². The molecule has 2 aromatic carbocycles. The number of hydrogen-bond acceptors (Lipinski definition) is 4. The molecule has 1 N–H and O–H groups in total. The number of methoxy groups -OCH3 is 1. The normalized spacial score (nSPS) is 16.7. The molecule has 0 unspecified atom stereocenters. The number of fused-ring (bicyclic) bond motifs is 1. The van der Waals surface area contributed by atoms with Gasteiger partial charge in [0.2, 0.25) is 5.91 Å². The number of nitrogens with zero attached hydrogens (tertiary/aromatic N) is 1. The number of rotatable bonds is 4. The van der Waals surface area contributed by atoms with E-state index in [-0.39, 0.29) is 18.4 Å². The molecule has 1 aliphatic rings. The van der Waals surface area contributed by atoms with E-state index < -0.39 is 6.04 Å². The quantitative estimate of drug-likeness (QED) is 0.808. The average Bonchev–Trinajstić information content (AvgIpc) is 2.63. The lowest BCUT2D eigenvalue weighted by Gasteiger charge is -2.34. The molecule has 3 rings (SSSR count). The average molecular weight is 393 g/mol. The van der Waals surface area contributed by atoms with Crippen LogP contribution < -0.4 is 5.32 Å². The van der Waals surface area contributed by atoms with E-state index >= 15 is 0 Å². The first kappa shape index (κ1) is 18.7. The van der Waals surface area contributed by atoms with Gasteiger partial charge in [0.15, 0.2) is 0 Å². The van der Waals surface area contributed by atoms with Crippen LogP contribution in [-0.2, 0) is 27.3 Å². The second-order valence-electron chi connectivity index (χ2n) is 6.09. The van der Waals surface area contributed by atoms with Crippen molar-refractivity contribution in [1.29, 1.82) is 0 Å². The van der Waals surface area contributed by atoms with Crippen molar-refractivity contribution < 1.29 is 14.3 Å².